The van der Waals surface area contributed by atoms with Crippen molar-refractivity contribution in [2.75, 3.05) is 19.6 Å². The van der Waals surface area contributed by atoms with E-state index in [9.17, 15) is 0 Å². The Labute approximate surface area is 136 Å². The molecule has 3 rings (SSSR count). The van der Waals surface area contributed by atoms with Gasteiger partial charge in [0, 0.05) is 54.4 Å². The van der Waals surface area contributed by atoms with E-state index >= 15 is 0 Å². The van der Waals surface area contributed by atoms with E-state index in [1.54, 1.807) is 0 Å². The van der Waals surface area contributed by atoms with E-state index in [0.717, 1.165) is 26.2 Å². The number of rotatable bonds is 3. The van der Waals surface area contributed by atoms with Crippen LogP contribution >= 0.6 is 23.7 Å². The Kier molecular flexibility index (Phi) is 5.76. The van der Waals surface area contributed by atoms with Crippen LogP contribution in [0.4, 0.5) is 0 Å². The second-order valence-electron chi connectivity index (χ2n) is 5.42. The van der Waals surface area contributed by atoms with Crippen molar-refractivity contribution >= 4 is 23.7 Å². The molecule has 2 aromatic rings. The molecule has 1 fully saturated rings. The number of hydrogen-bond acceptors (Lipinski definition) is 4. The minimum atomic E-state index is 0. The first kappa shape index (κ1) is 16.4. The Balaban J connectivity index is 0.00000161. The Morgan fingerprint density at radius 1 is 1.43 bits per heavy atom. The van der Waals surface area contributed by atoms with Crippen LogP contribution < -0.4 is 5.32 Å². The molecule has 0 radical (unpaired) electrons. The van der Waals surface area contributed by atoms with Crippen LogP contribution in [0.1, 0.15) is 26.9 Å². The van der Waals surface area contributed by atoms with Crippen LogP contribution in [-0.2, 0) is 6.54 Å². The van der Waals surface area contributed by atoms with Crippen LogP contribution in [-0.4, -0.2) is 29.5 Å². The average Bonchev–Trinajstić information content (AvgIpc) is 2.78. The first-order valence-electron chi connectivity index (χ1n) is 7.14. The van der Waals surface area contributed by atoms with E-state index in [1.807, 2.05) is 29.8 Å². The zero-order valence-electron chi connectivity index (χ0n) is 12.5. The van der Waals surface area contributed by atoms with Crippen molar-refractivity contribution in [2.24, 2.45) is 0 Å². The minimum Gasteiger partial charge on any atom is -0.314 e. The fourth-order valence-electron chi connectivity index (χ4n) is 2.90. The smallest absolute Gasteiger partial charge is 0.0492 e. The Morgan fingerprint density at radius 2 is 2.29 bits per heavy atom. The minimum absolute atomic E-state index is 0. The van der Waals surface area contributed by atoms with Gasteiger partial charge in [-0.15, -0.1) is 23.7 Å². The van der Waals surface area contributed by atoms with Gasteiger partial charge < -0.3 is 5.32 Å². The predicted octanol–water partition coefficient (Wildman–Crippen LogP) is 3.33. The molecule has 3 nitrogen and oxygen atoms in total. The van der Waals surface area contributed by atoms with Crippen molar-refractivity contribution in [1.29, 1.82) is 0 Å². The van der Waals surface area contributed by atoms with Gasteiger partial charge in [-0.05, 0) is 37.1 Å². The molecule has 5 heteroatoms. The van der Waals surface area contributed by atoms with E-state index in [1.165, 1.54) is 20.9 Å². The first-order valence-corrected chi connectivity index (χ1v) is 7.96. The fraction of sp³-hybridized carbons (Fsp3) is 0.438. The Morgan fingerprint density at radius 3 is 2.95 bits per heavy atom. The van der Waals surface area contributed by atoms with Gasteiger partial charge in [0.25, 0.3) is 0 Å². The van der Waals surface area contributed by atoms with Crippen molar-refractivity contribution in [3.63, 3.8) is 0 Å². The van der Waals surface area contributed by atoms with E-state index < -0.39 is 0 Å². The summed E-state index contributed by atoms with van der Waals surface area (Å²) >= 11 is 1.90. The third kappa shape index (κ3) is 3.83. The summed E-state index contributed by atoms with van der Waals surface area (Å²) in [6.45, 7) is 8.63. The molecule has 0 amide bonds. The molecule has 1 atom stereocenters. The standard InChI is InChI=1S/C16H21N3S.ClH/c1-12-8-15(13(2)20-12)11-19-7-6-18-10-16(19)14-4-3-5-17-9-14;/h3-5,8-9,16,18H,6-7,10-11H2,1-2H3;1H. The largest absolute Gasteiger partial charge is 0.314 e. The lowest BCUT2D eigenvalue weighted by molar-refractivity contribution is 0.153. The molecule has 0 saturated carbocycles. The van der Waals surface area contributed by atoms with Crippen molar-refractivity contribution in [2.45, 2.75) is 26.4 Å². The van der Waals surface area contributed by atoms with Crippen molar-refractivity contribution in [1.82, 2.24) is 15.2 Å². The number of aryl methyl sites for hydroxylation is 2. The summed E-state index contributed by atoms with van der Waals surface area (Å²) < 4.78 is 0. The highest BCUT2D eigenvalue weighted by Gasteiger charge is 2.24. The molecule has 0 spiro atoms. The summed E-state index contributed by atoms with van der Waals surface area (Å²) in [5.41, 5.74) is 2.78. The Hall–Kier alpha value is -0.940. The maximum atomic E-state index is 4.27. The predicted molar refractivity (Wildman–Crippen MR) is 91.3 cm³/mol. The number of piperazine rings is 1. The highest BCUT2D eigenvalue weighted by atomic mass is 35.5. The highest BCUT2D eigenvalue weighted by Crippen LogP contribution is 2.27. The molecule has 1 unspecified atom stereocenters. The normalized spacial score (nSPS) is 19.2. The third-order valence-electron chi connectivity index (χ3n) is 3.94. The van der Waals surface area contributed by atoms with Crippen molar-refractivity contribution < 1.29 is 0 Å². The molecule has 1 aliphatic rings. The Bertz CT molecular complexity index is 570. The number of hydrogen-bond donors (Lipinski definition) is 1. The average molecular weight is 324 g/mol. The van der Waals surface area contributed by atoms with Gasteiger partial charge in [0.2, 0.25) is 0 Å². The fourth-order valence-corrected chi connectivity index (χ4v) is 3.84. The molecule has 21 heavy (non-hydrogen) atoms. The van der Waals surface area contributed by atoms with E-state index in [0.29, 0.717) is 6.04 Å². The van der Waals surface area contributed by atoms with Crippen LogP contribution in [0.25, 0.3) is 0 Å². The van der Waals surface area contributed by atoms with Crippen LogP contribution in [0.2, 0.25) is 0 Å². The van der Waals surface area contributed by atoms with Crippen LogP contribution in [0.5, 0.6) is 0 Å². The van der Waals surface area contributed by atoms with Gasteiger partial charge in [-0.2, -0.15) is 0 Å². The summed E-state index contributed by atoms with van der Waals surface area (Å²) in [6.07, 6.45) is 3.84. The van der Waals surface area contributed by atoms with Crippen LogP contribution in [0, 0.1) is 13.8 Å². The van der Waals surface area contributed by atoms with E-state index in [4.69, 9.17) is 0 Å². The van der Waals surface area contributed by atoms with Gasteiger partial charge in [-0.1, -0.05) is 6.07 Å². The van der Waals surface area contributed by atoms with Crippen LogP contribution in [0.3, 0.4) is 0 Å². The summed E-state index contributed by atoms with van der Waals surface area (Å²) in [4.78, 5) is 9.70. The van der Waals surface area contributed by atoms with E-state index in [2.05, 4.69) is 41.2 Å². The molecule has 0 aliphatic carbocycles. The maximum absolute atomic E-state index is 4.27. The number of halogens is 1. The van der Waals surface area contributed by atoms with Crippen molar-refractivity contribution in [3.8, 4) is 0 Å². The monoisotopic (exact) mass is 323 g/mol. The number of aromatic nitrogens is 1. The van der Waals surface area contributed by atoms with Gasteiger partial charge in [-0.3, -0.25) is 9.88 Å². The molecular formula is C16H22ClN3S. The summed E-state index contributed by atoms with van der Waals surface area (Å²) in [7, 11) is 0. The molecule has 1 aliphatic heterocycles. The number of nitrogens with zero attached hydrogens (tertiary/aromatic N) is 2. The SMILES string of the molecule is Cc1cc(CN2CCNCC2c2cccnc2)c(C)s1.Cl. The lowest BCUT2D eigenvalue weighted by atomic mass is 10.0. The van der Waals surface area contributed by atoms with E-state index in [-0.39, 0.29) is 12.4 Å². The summed E-state index contributed by atoms with van der Waals surface area (Å²) in [5, 5.41) is 3.50. The topological polar surface area (TPSA) is 28.2 Å². The molecular weight excluding hydrogens is 302 g/mol. The number of thiophene rings is 1. The van der Waals surface area contributed by atoms with Crippen LogP contribution in [0.15, 0.2) is 30.6 Å². The number of nitrogens with one attached hydrogen (secondary N) is 1. The summed E-state index contributed by atoms with van der Waals surface area (Å²) in [6, 6.07) is 6.98. The van der Waals surface area contributed by atoms with Gasteiger partial charge in [-0.25, -0.2) is 0 Å². The second-order valence-corrected chi connectivity index (χ2v) is 6.88. The molecule has 2 aromatic heterocycles. The molecule has 114 valence electrons. The van der Waals surface area contributed by atoms with Gasteiger partial charge in [0.15, 0.2) is 0 Å². The van der Waals surface area contributed by atoms with Gasteiger partial charge in [0.05, 0.1) is 0 Å². The van der Waals surface area contributed by atoms with Crippen molar-refractivity contribution in [3.05, 3.63) is 51.5 Å². The molecule has 0 bridgehead atoms. The first-order chi connectivity index (χ1) is 9.74. The zero-order chi connectivity index (χ0) is 13.9. The quantitative estimate of drug-likeness (QED) is 0.939. The van der Waals surface area contributed by atoms with Gasteiger partial charge in [0.1, 0.15) is 0 Å². The zero-order valence-corrected chi connectivity index (χ0v) is 14.1. The third-order valence-corrected chi connectivity index (χ3v) is 4.95. The lowest BCUT2D eigenvalue weighted by Gasteiger charge is -2.36. The molecule has 3 heterocycles. The second kappa shape index (κ2) is 7.36. The maximum Gasteiger partial charge on any atom is 0.0492 e. The van der Waals surface area contributed by atoms with Gasteiger partial charge >= 0.3 is 0 Å². The molecule has 1 N–H and O–H groups in total. The molecule has 0 aromatic carbocycles. The lowest BCUT2D eigenvalue weighted by Crippen LogP contribution is -2.45. The number of pyridine rings is 1. The molecule has 1 saturated heterocycles. The summed E-state index contributed by atoms with van der Waals surface area (Å²) in [5.74, 6) is 0. The highest BCUT2D eigenvalue weighted by molar-refractivity contribution is 7.12.